The zero-order valence-electron chi connectivity index (χ0n) is 15.1. The van der Waals surface area contributed by atoms with Crippen molar-refractivity contribution in [3.63, 3.8) is 0 Å². The van der Waals surface area contributed by atoms with Gasteiger partial charge in [0.15, 0.2) is 0 Å². The number of hydrogen-bond acceptors (Lipinski definition) is 3. The fourth-order valence-electron chi connectivity index (χ4n) is 2.85. The highest BCUT2D eigenvalue weighted by Gasteiger charge is 2.23. The lowest BCUT2D eigenvalue weighted by atomic mass is 10.0. The van der Waals surface area contributed by atoms with Crippen LogP contribution in [0.3, 0.4) is 0 Å². The zero-order chi connectivity index (χ0) is 19.1. The number of aromatic amines is 1. The van der Waals surface area contributed by atoms with E-state index >= 15 is 0 Å². The van der Waals surface area contributed by atoms with Crippen molar-refractivity contribution in [2.24, 2.45) is 0 Å². The second kappa shape index (κ2) is 8.80. The maximum absolute atomic E-state index is 12.7. The van der Waals surface area contributed by atoms with E-state index in [9.17, 15) is 9.59 Å². The first-order valence-corrected chi connectivity index (χ1v) is 8.82. The molecule has 2 amide bonds. The predicted octanol–water partition coefficient (Wildman–Crippen LogP) is 3.15. The van der Waals surface area contributed by atoms with E-state index in [-0.39, 0.29) is 11.8 Å². The summed E-state index contributed by atoms with van der Waals surface area (Å²) in [6, 6.07) is 18.0. The van der Waals surface area contributed by atoms with E-state index in [1.807, 2.05) is 61.5 Å². The van der Waals surface area contributed by atoms with Crippen molar-refractivity contribution in [1.29, 1.82) is 0 Å². The number of nitrogens with one attached hydrogen (secondary N) is 3. The second-order valence-electron chi connectivity index (χ2n) is 6.30. The minimum absolute atomic E-state index is 0.174. The number of anilines is 1. The molecule has 2 aromatic carbocycles. The number of aryl methyl sites for hydroxylation is 2. The van der Waals surface area contributed by atoms with Gasteiger partial charge in [-0.2, -0.15) is 5.10 Å². The largest absolute Gasteiger partial charge is 0.341 e. The molecule has 0 spiro atoms. The molecule has 1 unspecified atom stereocenters. The Hall–Kier alpha value is -3.41. The molecule has 0 bridgehead atoms. The van der Waals surface area contributed by atoms with E-state index in [1.54, 1.807) is 12.3 Å². The number of rotatable bonds is 7. The molecule has 1 atom stereocenters. The third-order valence-electron chi connectivity index (χ3n) is 4.34. The summed E-state index contributed by atoms with van der Waals surface area (Å²) >= 11 is 0. The highest BCUT2D eigenvalue weighted by molar-refractivity contribution is 5.97. The van der Waals surface area contributed by atoms with Crippen LogP contribution in [-0.2, 0) is 16.0 Å². The van der Waals surface area contributed by atoms with Crippen molar-refractivity contribution in [1.82, 2.24) is 15.5 Å². The van der Waals surface area contributed by atoms with Crippen LogP contribution in [0.25, 0.3) is 0 Å². The van der Waals surface area contributed by atoms with Crippen LogP contribution in [0.2, 0.25) is 0 Å². The summed E-state index contributed by atoms with van der Waals surface area (Å²) in [5.74, 6) is -0.0170. The van der Waals surface area contributed by atoms with Crippen molar-refractivity contribution in [2.45, 2.75) is 25.8 Å². The topological polar surface area (TPSA) is 86.9 Å². The Morgan fingerprint density at radius 2 is 1.78 bits per heavy atom. The molecule has 0 saturated heterocycles. The van der Waals surface area contributed by atoms with E-state index in [2.05, 4.69) is 20.8 Å². The molecule has 0 fully saturated rings. The molecule has 1 heterocycles. The smallest absolute Gasteiger partial charge is 0.252 e. The molecule has 3 rings (SSSR count). The number of nitrogens with zero attached hydrogens (tertiary/aromatic N) is 1. The van der Waals surface area contributed by atoms with Crippen LogP contribution in [0.4, 0.5) is 5.82 Å². The van der Waals surface area contributed by atoms with Gasteiger partial charge in [-0.25, -0.2) is 0 Å². The van der Waals surface area contributed by atoms with Gasteiger partial charge in [-0.3, -0.25) is 14.7 Å². The first kappa shape index (κ1) is 18.4. The Bertz CT molecular complexity index is 892. The molecule has 27 heavy (non-hydrogen) atoms. The molecule has 0 aliphatic heterocycles. The molecule has 1 aromatic heterocycles. The minimum atomic E-state index is -0.779. The maximum atomic E-state index is 12.7. The van der Waals surface area contributed by atoms with E-state index in [4.69, 9.17) is 0 Å². The molecule has 138 valence electrons. The lowest BCUT2D eigenvalue weighted by Crippen LogP contribution is -2.37. The lowest BCUT2D eigenvalue weighted by Gasteiger charge is -2.18. The summed E-state index contributed by atoms with van der Waals surface area (Å²) in [7, 11) is 0. The van der Waals surface area contributed by atoms with E-state index < -0.39 is 6.04 Å². The first-order chi connectivity index (χ1) is 13.1. The van der Waals surface area contributed by atoms with Crippen LogP contribution in [-0.4, -0.2) is 22.0 Å². The van der Waals surface area contributed by atoms with Crippen LogP contribution in [0.1, 0.15) is 29.2 Å². The normalized spacial score (nSPS) is 11.6. The van der Waals surface area contributed by atoms with Gasteiger partial charge in [-0.05, 0) is 30.0 Å². The zero-order valence-corrected chi connectivity index (χ0v) is 15.1. The Kier molecular flexibility index (Phi) is 5.99. The molecule has 0 aliphatic carbocycles. The van der Waals surface area contributed by atoms with Crippen molar-refractivity contribution in [3.05, 3.63) is 83.6 Å². The summed E-state index contributed by atoms with van der Waals surface area (Å²) in [6.07, 6.45) is 2.49. The number of amides is 2. The highest BCUT2D eigenvalue weighted by Crippen LogP contribution is 2.16. The molecular formula is C21H22N4O2. The van der Waals surface area contributed by atoms with Gasteiger partial charge in [0.1, 0.15) is 11.9 Å². The minimum Gasteiger partial charge on any atom is -0.341 e. The van der Waals surface area contributed by atoms with Crippen LogP contribution in [0.15, 0.2) is 66.9 Å². The maximum Gasteiger partial charge on any atom is 0.252 e. The van der Waals surface area contributed by atoms with Gasteiger partial charge in [0.25, 0.3) is 5.91 Å². The summed E-state index contributed by atoms with van der Waals surface area (Å²) in [4.78, 5) is 25.2. The fourth-order valence-corrected chi connectivity index (χ4v) is 2.85. The van der Waals surface area contributed by atoms with Gasteiger partial charge in [0.05, 0.1) is 6.20 Å². The third kappa shape index (κ3) is 5.04. The average molecular weight is 362 g/mol. The second-order valence-corrected chi connectivity index (χ2v) is 6.30. The molecule has 0 aliphatic rings. The standard InChI is InChI=1S/C21H22N4O2/c1-15-7-5-6-8-16(15)11-12-19(26)24-20(17-9-3-2-4-10-17)21(27)23-18-13-14-22-25-18/h2-10,13-14,20H,11-12H2,1H3,(H,24,26)(H2,22,23,25,27). The summed E-state index contributed by atoms with van der Waals surface area (Å²) < 4.78 is 0. The van der Waals surface area contributed by atoms with Crippen LogP contribution in [0.5, 0.6) is 0 Å². The summed E-state index contributed by atoms with van der Waals surface area (Å²) in [5, 5.41) is 12.1. The number of carbonyl (C=O) groups excluding carboxylic acids is 2. The van der Waals surface area contributed by atoms with E-state index in [0.717, 1.165) is 16.7 Å². The number of hydrogen-bond donors (Lipinski definition) is 3. The lowest BCUT2D eigenvalue weighted by molar-refractivity contribution is -0.126. The Labute approximate surface area is 158 Å². The molecule has 3 aromatic rings. The van der Waals surface area contributed by atoms with Gasteiger partial charge < -0.3 is 10.6 Å². The van der Waals surface area contributed by atoms with Crippen LogP contribution >= 0.6 is 0 Å². The quantitative estimate of drug-likeness (QED) is 0.603. The number of benzene rings is 2. The molecule has 6 nitrogen and oxygen atoms in total. The fraction of sp³-hybridized carbons (Fsp3) is 0.190. The van der Waals surface area contributed by atoms with Gasteiger partial charge in [-0.15, -0.1) is 0 Å². The number of H-pyrrole nitrogens is 1. The summed E-state index contributed by atoms with van der Waals surface area (Å²) in [6.45, 7) is 2.03. The van der Waals surface area contributed by atoms with Crippen molar-refractivity contribution >= 4 is 17.6 Å². The predicted molar refractivity (Wildman–Crippen MR) is 104 cm³/mol. The number of carbonyl (C=O) groups is 2. The van der Waals surface area contributed by atoms with Gasteiger partial charge in [0, 0.05) is 12.5 Å². The third-order valence-corrected chi connectivity index (χ3v) is 4.34. The molecular weight excluding hydrogens is 340 g/mol. The Balaban J connectivity index is 1.68. The van der Waals surface area contributed by atoms with Gasteiger partial charge in [0.2, 0.25) is 5.91 Å². The Morgan fingerprint density at radius 3 is 2.48 bits per heavy atom. The van der Waals surface area contributed by atoms with Crippen molar-refractivity contribution in [3.8, 4) is 0 Å². The van der Waals surface area contributed by atoms with Crippen molar-refractivity contribution < 1.29 is 9.59 Å². The van der Waals surface area contributed by atoms with Gasteiger partial charge >= 0.3 is 0 Å². The van der Waals surface area contributed by atoms with E-state index in [1.165, 1.54) is 0 Å². The molecule has 0 saturated carbocycles. The average Bonchev–Trinajstić information content (AvgIpc) is 3.19. The Morgan fingerprint density at radius 1 is 1.04 bits per heavy atom. The van der Waals surface area contributed by atoms with Crippen LogP contribution in [0, 0.1) is 6.92 Å². The number of aromatic nitrogens is 2. The molecule has 6 heteroatoms. The molecule has 0 radical (unpaired) electrons. The summed E-state index contributed by atoms with van der Waals surface area (Å²) in [5.41, 5.74) is 3.01. The van der Waals surface area contributed by atoms with Crippen LogP contribution < -0.4 is 10.6 Å². The highest BCUT2D eigenvalue weighted by atomic mass is 16.2. The van der Waals surface area contributed by atoms with Crippen molar-refractivity contribution in [2.75, 3.05) is 5.32 Å². The van der Waals surface area contributed by atoms with Gasteiger partial charge in [-0.1, -0.05) is 54.6 Å². The SMILES string of the molecule is Cc1ccccc1CCC(=O)NC(C(=O)Nc1ccn[nH]1)c1ccccc1. The molecule has 3 N–H and O–H groups in total. The first-order valence-electron chi connectivity index (χ1n) is 8.82. The monoisotopic (exact) mass is 362 g/mol. The van der Waals surface area contributed by atoms with E-state index in [0.29, 0.717) is 18.7 Å².